The van der Waals surface area contributed by atoms with Gasteiger partial charge in [0, 0.05) is 30.9 Å². The first-order chi connectivity index (χ1) is 8.02. The summed E-state index contributed by atoms with van der Waals surface area (Å²) in [4.78, 5) is 0. The Morgan fingerprint density at radius 2 is 1.76 bits per heavy atom. The summed E-state index contributed by atoms with van der Waals surface area (Å²) in [6.45, 7) is 6.91. The van der Waals surface area contributed by atoms with Gasteiger partial charge in [-0.2, -0.15) is 5.10 Å². The lowest BCUT2D eigenvalue weighted by Crippen LogP contribution is -1.98. The first-order valence-corrected chi connectivity index (χ1v) is 5.83. The molecule has 0 radical (unpaired) electrons. The minimum atomic E-state index is 0.523. The minimum absolute atomic E-state index is 0.523. The summed E-state index contributed by atoms with van der Waals surface area (Å²) in [6.07, 6.45) is 1.99. The molecule has 0 unspecified atom stereocenters. The third-order valence-corrected chi connectivity index (χ3v) is 3.22. The predicted octanol–water partition coefficient (Wildman–Crippen LogP) is 2.47. The van der Waals surface area contributed by atoms with Crippen molar-refractivity contribution in [3.63, 3.8) is 0 Å². The molecule has 0 bridgehead atoms. The van der Waals surface area contributed by atoms with Crippen molar-refractivity contribution in [2.45, 2.75) is 27.3 Å². The first kappa shape index (κ1) is 11.9. The third-order valence-electron chi connectivity index (χ3n) is 3.22. The molecule has 90 valence electrons. The van der Waals surface area contributed by atoms with E-state index >= 15 is 0 Å². The van der Waals surface area contributed by atoms with Gasteiger partial charge in [-0.25, -0.2) is 0 Å². The highest BCUT2D eigenvalue weighted by Gasteiger charge is 2.12. The zero-order valence-electron chi connectivity index (χ0n) is 10.9. The summed E-state index contributed by atoms with van der Waals surface area (Å²) >= 11 is 0. The normalized spacial score (nSPS) is 10.9. The lowest BCUT2D eigenvalue weighted by Gasteiger charge is -2.09. The molecule has 0 fully saturated rings. The Kier molecular flexibility index (Phi) is 3.03. The molecule has 2 rings (SSSR count). The van der Waals surface area contributed by atoms with Crippen LogP contribution in [0.4, 0.5) is 0 Å². The molecule has 2 aromatic rings. The maximum atomic E-state index is 5.77. The molecule has 0 atom stereocenters. The van der Waals surface area contributed by atoms with E-state index in [0.717, 1.165) is 11.3 Å². The second kappa shape index (κ2) is 4.34. The number of aromatic nitrogens is 2. The van der Waals surface area contributed by atoms with Crippen LogP contribution in [0.25, 0.3) is 11.3 Å². The predicted molar refractivity (Wildman–Crippen MR) is 70.7 cm³/mol. The van der Waals surface area contributed by atoms with E-state index in [1.807, 2.05) is 17.9 Å². The first-order valence-electron chi connectivity index (χ1n) is 5.83. The smallest absolute Gasteiger partial charge is 0.0970 e. The lowest BCUT2D eigenvalue weighted by atomic mass is 9.97. The zero-order valence-corrected chi connectivity index (χ0v) is 10.9. The van der Waals surface area contributed by atoms with Gasteiger partial charge in [-0.05, 0) is 43.5 Å². The molecule has 0 spiro atoms. The van der Waals surface area contributed by atoms with Crippen LogP contribution in [0, 0.1) is 20.8 Å². The topological polar surface area (TPSA) is 43.8 Å². The number of benzene rings is 1. The number of nitrogens with two attached hydrogens (primary N) is 1. The molecule has 1 heterocycles. The van der Waals surface area contributed by atoms with E-state index in [0.29, 0.717) is 6.54 Å². The van der Waals surface area contributed by atoms with Crippen LogP contribution in [0.2, 0.25) is 0 Å². The van der Waals surface area contributed by atoms with Gasteiger partial charge < -0.3 is 5.73 Å². The summed E-state index contributed by atoms with van der Waals surface area (Å²) in [7, 11) is 1.93. The second-order valence-corrected chi connectivity index (χ2v) is 4.63. The molecular weight excluding hydrogens is 210 g/mol. The molecule has 0 saturated carbocycles. The Labute approximate surface area is 102 Å². The van der Waals surface area contributed by atoms with Gasteiger partial charge >= 0.3 is 0 Å². The average molecular weight is 229 g/mol. The fraction of sp³-hybridized carbons (Fsp3) is 0.357. The molecule has 0 saturated heterocycles. The van der Waals surface area contributed by atoms with Gasteiger partial charge in [0.2, 0.25) is 0 Å². The number of rotatable bonds is 2. The fourth-order valence-electron chi connectivity index (χ4n) is 2.13. The van der Waals surface area contributed by atoms with Crippen molar-refractivity contribution >= 4 is 0 Å². The second-order valence-electron chi connectivity index (χ2n) is 4.63. The van der Waals surface area contributed by atoms with Crippen molar-refractivity contribution in [2.24, 2.45) is 12.8 Å². The van der Waals surface area contributed by atoms with Gasteiger partial charge in [-0.3, -0.25) is 4.68 Å². The molecule has 1 aromatic carbocycles. The van der Waals surface area contributed by atoms with Crippen LogP contribution in [-0.2, 0) is 13.6 Å². The standard InChI is InChI=1S/C14H19N3/c1-9-5-11(3)13(6-10(9)2)14-12(7-15)8-17(4)16-14/h5-6,8H,7,15H2,1-4H3. The SMILES string of the molecule is Cc1cc(C)c(-c2nn(C)cc2CN)cc1C. The van der Waals surface area contributed by atoms with E-state index in [9.17, 15) is 0 Å². The molecular formula is C14H19N3. The minimum Gasteiger partial charge on any atom is -0.326 e. The summed E-state index contributed by atoms with van der Waals surface area (Å²) in [5, 5.41) is 4.52. The highest BCUT2D eigenvalue weighted by atomic mass is 15.3. The molecule has 0 aliphatic carbocycles. The quantitative estimate of drug-likeness (QED) is 0.859. The molecule has 3 heteroatoms. The number of hydrogen-bond donors (Lipinski definition) is 1. The van der Waals surface area contributed by atoms with Gasteiger partial charge in [0.1, 0.15) is 0 Å². The van der Waals surface area contributed by atoms with E-state index in [-0.39, 0.29) is 0 Å². The van der Waals surface area contributed by atoms with Crippen LogP contribution < -0.4 is 5.73 Å². The van der Waals surface area contributed by atoms with E-state index in [1.54, 1.807) is 0 Å². The maximum Gasteiger partial charge on any atom is 0.0970 e. The number of hydrogen-bond acceptors (Lipinski definition) is 2. The van der Waals surface area contributed by atoms with Crippen molar-refractivity contribution in [2.75, 3.05) is 0 Å². The van der Waals surface area contributed by atoms with Crippen molar-refractivity contribution in [1.82, 2.24) is 9.78 Å². The lowest BCUT2D eigenvalue weighted by molar-refractivity contribution is 0.769. The summed E-state index contributed by atoms with van der Waals surface area (Å²) in [5.74, 6) is 0. The number of nitrogens with zero attached hydrogens (tertiary/aromatic N) is 2. The van der Waals surface area contributed by atoms with E-state index < -0.39 is 0 Å². The highest BCUT2D eigenvalue weighted by molar-refractivity contribution is 5.68. The van der Waals surface area contributed by atoms with Crippen molar-refractivity contribution < 1.29 is 0 Å². The molecule has 3 nitrogen and oxygen atoms in total. The Balaban J connectivity index is 2.63. The Bertz CT molecular complexity index is 553. The van der Waals surface area contributed by atoms with Crippen molar-refractivity contribution in [3.8, 4) is 11.3 Å². The summed E-state index contributed by atoms with van der Waals surface area (Å²) < 4.78 is 1.83. The van der Waals surface area contributed by atoms with Crippen molar-refractivity contribution in [1.29, 1.82) is 0 Å². The van der Waals surface area contributed by atoms with Gasteiger partial charge in [-0.15, -0.1) is 0 Å². The largest absolute Gasteiger partial charge is 0.326 e. The molecule has 1 aromatic heterocycles. The van der Waals surface area contributed by atoms with E-state index in [1.165, 1.54) is 22.3 Å². The Morgan fingerprint density at radius 1 is 1.12 bits per heavy atom. The maximum absolute atomic E-state index is 5.77. The summed E-state index contributed by atoms with van der Waals surface area (Å²) in [5.41, 5.74) is 12.9. The van der Waals surface area contributed by atoms with E-state index in [4.69, 9.17) is 5.73 Å². The molecule has 2 N–H and O–H groups in total. The molecule has 0 amide bonds. The Hall–Kier alpha value is -1.61. The van der Waals surface area contributed by atoms with Crippen LogP contribution in [0.1, 0.15) is 22.3 Å². The van der Waals surface area contributed by atoms with Crippen LogP contribution >= 0.6 is 0 Å². The summed E-state index contributed by atoms with van der Waals surface area (Å²) in [6, 6.07) is 4.41. The zero-order chi connectivity index (χ0) is 12.6. The monoisotopic (exact) mass is 229 g/mol. The van der Waals surface area contributed by atoms with Crippen LogP contribution in [-0.4, -0.2) is 9.78 Å². The highest BCUT2D eigenvalue weighted by Crippen LogP contribution is 2.27. The van der Waals surface area contributed by atoms with Gasteiger partial charge in [0.15, 0.2) is 0 Å². The Morgan fingerprint density at radius 3 is 2.41 bits per heavy atom. The van der Waals surface area contributed by atoms with Gasteiger partial charge in [-0.1, -0.05) is 6.07 Å². The van der Waals surface area contributed by atoms with Crippen molar-refractivity contribution in [3.05, 3.63) is 40.6 Å². The fourth-order valence-corrected chi connectivity index (χ4v) is 2.13. The van der Waals surface area contributed by atoms with E-state index in [2.05, 4.69) is 38.0 Å². The van der Waals surface area contributed by atoms with Crippen LogP contribution in [0.3, 0.4) is 0 Å². The average Bonchev–Trinajstić information content (AvgIpc) is 2.64. The molecule has 0 aliphatic rings. The van der Waals surface area contributed by atoms with Gasteiger partial charge in [0.05, 0.1) is 5.69 Å². The van der Waals surface area contributed by atoms with Crippen LogP contribution in [0.5, 0.6) is 0 Å². The van der Waals surface area contributed by atoms with Gasteiger partial charge in [0.25, 0.3) is 0 Å². The number of aryl methyl sites for hydroxylation is 4. The molecule has 0 aliphatic heterocycles. The third kappa shape index (κ3) is 2.11. The van der Waals surface area contributed by atoms with Crippen LogP contribution in [0.15, 0.2) is 18.3 Å². The molecule has 17 heavy (non-hydrogen) atoms.